The van der Waals surface area contributed by atoms with Gasteiger partial charge in [-0.25, -0.2) is 9.67 Å². The number of rotatable bonds is 9. The van der Waals surface area contributed by atoms with E-state index >= 15 is 0 Å². The predicted molar refractivity (Wildman–Crippen MR) is 149 cm³/mol. The highest BCUT2D eigenvalue weighted by Gasteiger charge is 2.55. The Morgan fingerprint density at radius 1 is 1.32 bits per heavy atom. The fourth-order valence-corrected chi connectivity index (χ4v) is 5.76. The number of carbonyl (C=O) groups excluding carboxylic acids is 1. The Hall–Kier alpha value is -3.81. The molecule has 1 aliphatic heterocycles. The van der Waals surface area contributed by atoms with E-state index in [1.807, 2.05) is 42.4 Å². The molecule has 0 radical (unpaired) electrons. The van der Waals surface area contributed by atoms with E-state index in [0.29, 0.717) is 17.9 Å². The summed E-state index contributed by atoms with van der Waals surface area (Å²) in [4.78, 5) is 21.5. The first kappa shape index (κ1) is 25.8. The Bertz CT molecular complexity index is 1370. The molecule has 1 N–H and O–H groups in total. The first-order valence-electron chi connectivity index (χ1n) is 13.5. The van der Waals surface area contributed by atoms with Gasteiger partial charge in [0.25, 0.3) is 5.91 Å². The molecule has 2 fully saturated rings. The van der Waals surface area contributed by atoms with Gasteiger partial charge in [0.05, 0.1) is 12.2 Å². The SMILES string of the molecule is C=C(c1cc(=C/CC)/c(=C\NC)o1)N(C)CC1CC12CCN(C(=O)c1cccc(Cn3cncn3)c1)CC2. The second-order valence-electron chi connectivity index (χ2n) is 10.7. The molecule has 1 atom stereocenters. The van der Waals surface area contributed by atoms with Crippen molar-refractivity contribution < 1.29 is 9.21 Å². The molecule has 5 rings (SSSR count). The van der Waals surface area contributed by atoms with Crippen LogP contribution in [-0.2, 0) is 6.54 Å². The van der Waals surface area contributed by atoms with Crippen LogP contribution in [0.25, 0.3) is 18.0 Å². The standard InChI is InChI=1S/C30H38N6O2/c1-5-7-24-15-27(38-28(24)17-31-3)22(2)34(4)19-26-16-30(26)10-12-35(13-11-30)29(37)25-9-6-8-23(14-25)18-36-21-32-20-33-36/h6-9,14-15,17,20-21,26,31H,2,5,10-13,16,18-19H2,1,3-4H3/b24-7-,28-17+. The van der Waals surface area contributed by atoms with Crippen LogP contribution in [0.5, 0.6) is 0 Å². The number of piperidine rings is 1. The molecule has 1 spiro atoms. The topological polar surface area (TPSA) is 79.4 Å². The smallest absolute Gasteiger partial charge is 0.253 e. The van der Waals surface area contributed by atoms with Crippen molar-refractivity contribution in [2.75, 3.05) is 33.7 Å². The van der Waals surface area contributed by atoms with Gasteiger partial charge >= 0.3 is 0 Å². The van der Waals surface area contributed by atoms with E-state index in [2.05, 4.69) is 53.0 Å². The summed E-state index contributed by atoms with van der Waals surface area (Å²) in [6, 6.07) is 9.95. The average Bonchev–Trinajstić information content (AvgIpc) is 3.25. The number of furan rings is 1. The van der Waals surface area contributed by atoms with Crippen LogP contribution in [0.2, 0.25) is 0 Å². The molecular weight excluding hydrogens is 476 g/mol. The largest absolute Gasteiger partial charge is 0.453 e. The molecule has 38 heavy (non-hydrogen) atoms. The maximum atomic E-state index is 13.3. The van der Waals surface area contributed by atoms with Gasteiger partial charge in [-0.15, -0.1) is 0 Å². The number of nitrogens with zero attached hydrogens (tertiary/aromatic N) is 5. The zero-order chi connectivity index (χ0) is 26.7. The maximum Gasteiger partial charge on any atom is 0.253 e. The molecule has 1 saturated carbocycles. The number of hydrogen-bond donors (Lipinski definition) is 1. The summed E-state index contributed by atoms with van der Waals surface area (Å²) in [5, 5.41) is 8.32. The van der Waals surface area contributed by atoms with E-state index in [0.717, 1.165) is 72.1 Å². The zero-order valence-corrected chi connectivity index (χ0v) is 22.7. The Labute approximate surface area is 224 Å². The Kier molecular flexibility index (Phi) is 7.40. The summed E-state index contributed by atoms with van der Waals surface area (Å²) >= 11 is 0. The Morgan fingerprint density at radius 2 is 2.13 bits per heavy atom. The van der Waals surface area contributed by atoms with Crippen LogP contribution in [0, 0.1) is 11.3 Å². The maximum absolute atomic E-state index is 13.3. The van der Waals surface area contributed by atoms with E-state index in [9.17, 15) is 4.79 Å². The van der Waals surface area contributed by atoms with E-state index in [1.165, 1.54) is 12.7 Å². The number of hydrogen-bond acceptors (Lipinski definition) is 6. The lowest BCUT2D eigenvalue weighted by atomic mass is 9.90. The van der Waals surface area contributed by atoms with Gasteiger partial charge in [0, 0.05) is 50.7 Å². The van der Waals surface area contributed by atoms with E-state index in [1.54, 1.807) is 11.0 Å². The molecule has 8 nitrogen and oxygen atoms in total. The van der Waals surface area contributed by atoms with E-state index < -0.39 is 0 Å². The summed E-state index contributed by atoms with van der Waals surface area (Å²) in [6.45, 7) is 9.64. The number of benzene rings is 1. The summed E-state index contributed by atoms with van der Waals surface area (Å²) in [5.41, 5.74) is 3.88. The van der Waals surface area contributed by atoms with Crippen LogP contribution in [0.3, 0.4) is 0 Å². The molecule has 0 bridgehead atoms. The van der Waals surface area contributed by atoms with Crippen LogP contribution in [0.1, 0.15) is 54.3 Å². The van der Waals surface area contributed by atoms with Crippen LogP contribution in [0.4, 0.5) is 0 Å². The molecule has 1 amide bonds. The lowest BCUT2D eigenvalue weighted by Gasteiger charge is -2.34. The van der Waals surface area contributed by atoms with Crippen LogP contribution in [0.15, 0.2) is 54.0 Å². The Morgan fingerprint density at radius 3 is 2.84 bits per heavy atom. The first-order chi connectivity index (χ1) is 18.4. The molecule has 1 aliphatic carbocycles. The first-order valence-corrected chi connectivity index (χ1v) is 13.5. The number of amides is 1. The molecular formula is C30H38N6O2. The summed E-state index contributed by atoms with van der Waals surface area (Å²) in [6.07, 6.45) is 11.5. The predicted octanol–water partition coefficient (Wildman–Crippen LogP) is 2.91. The average molecular weight is 515 g/mol. The van der Waals surface area contributed by atoms with Crippen molar-refractivity contribution in [3.8, 4) is 0 Å². The minimum atomic E-state index is 0.120. The van der Waals surface area contributed by atoms with Crippen LogP contribution in [-0.4, -0.2) is 64.2 Å². The lowest BCUT2D eigenvalue weighted by molar-refractivity contribution is 0.0666. The van der Waals surface area contributed by atoms with Crippen molar-refractivity contribution in [1.29, 1.82) is 0 Å². The van der Waals surface area contributed by atoms with Crippen LogP contribution >= 0.6 is 0 Å². The van der Waals surface area contributed by atoms with Crippen molar-refractivity contribution >= 4 is 23.9 Å². The number of likely N-dealkylation sites (tertiary alicyclic amines) is 1. The van der Waals surface area contributed by atoms with Crippen molar-refractivity contribution in [3.05, 3.63) is 77.1 Å². The molecule has 8 heteroatoms. The minimum absolute atomic E-state index is 0.120. The van der Waals surface area contributed by atoms with Gasteiger partial charge in [0.1, 0.15) is 18.1 Å². The third-order valence-corrected chi connectivity index (χ3v) is 8.12. The van der Waals surface area contributed by atoms with E-state index in [-0.39, 0.29) is 5.91 Å². The number of aromatic nitrogens is 3. The third kappa shape index (κ3) is 5.39. The van der Waals surface area contributed by atoms with Gasteiger partial charge in [0.15, 0.2) is 5.76 Å². The van der Waals surface area contributed by atoms with Gasteiger partial charge in [-0.3, -0.25) is 4.79 Å². The molecule has 2 aliphatic rings. The fraction of sp³-hybridized carbons (Fsp3) is 0.433. The second-order valence-corrected chi connectivity index (χ2v) is 10.7. The molecule has 1 aromatic carbocycles. The van der Waals surface area contributed by atoms with Crippen molar-refractivity contribution in [2.24, 2.45) is 11.3 Å². The molecule has 3 aromatic rings. The van der Waals surface area contributed by atoms with Gasteiger partial charge in [-0.05, 0) is 60.8 Å². The summed E-state index contributed by atoms with van der Waals surface area (Å²) in [5.74, 6) is 1.55. The molecule has 2 aromatic heterocycles. The third-order valence-electron chi connectivity index (χ3n) is 8.12. The normalized spacial score (nSPS) is 19.1. The molecule has 3 heterocycles. The summed E-state index contributed by atoms with van der Waals surface area (Å²) < 4.78 is 7.87. The van der Waals surface area contributed by atoms with E-state index in [4.69, 9.17) is 4.42 Å². The zero-order valence-electron chi connectivity index (χ0n) is 22.7. The lowest BCUT2D eigenvalue weighted by Crippen LogP contribution is -2.40. The Balaban J connectivity index is 1.16. The molecule has 200 valence electrons. The van der Waals surface area contributed by atoms with Crippen molar-refractivity contribution in [3.63, 3.8) is 0 Å². The summed E-state index contributed by atoms with van der Waals surface area (Å²) in [7, 11) is 3.98. The van der Waals surface area contributed by atoms with Crippen molar-refractivity contribution in [1.82, 2.24) is 29.9 Å². The van der Waals surface area contributed by atoms with Crippen molar-refractivity contribution in [2.45, 2.75) is 39.2 Å². The molecule has 1 saturated heterocycles. The second kappa shape index (κ2) is 10.9. The van der Waals surface area contributed by atoms with Crippen LogP contribution < -0.4 is 16.0 Å². The molecule has 1 unspecified atom stereocenters. The fourth-order valence-electron chi connectivity index (χ4n) is 5.76. The van der Waals surface area contributed by atoms with Gasteiger partial charge < -0.3 is 19.5 Å². The van der Waals surface area contributed by atoms with Gasteiger partial charge in [-0.2, -0.15) is 5.10 Å². The number of nitrogens with one attached hydrogen (secondary N) is 1. The quantitative estimate of drug-likeness (QED) is 0.473. The van der Waals surface area contributed by atoms with Gasteiger partial charge in [0.2, 0.25) is 0 Å². The minimum Gasteiger partial charge on any atom is -0.453 e. The van der Waals surface area contributed by atoms with Gasteiger partial charge in [-0.1, -0.05) is 31.7 Å². The highest BCUT2D eigenvalue weighted by Crippen LogP contribution is 2.59. The highest BCUT2D eigenvalue weighted by atomic mass is 16.3. The number of carbonyl (C=O) groups is 1. The highest BCUT2D eigenvalue weighted by molar-refractivity contribution is 5.94. The monoisotopic (exact) mass is 514 g/mol.